The lowest BCUT2D eigenvalue weighted by Gasteiger charge is -2.23. The van der Waals surface area contributed by atoms with Crippen molar-refractivity contribution in [3.63, 3.8) is 0 Å². The molecule has 1 amide bonds. The van der Waals surface area contributed by atoms with Gasteiger partial charge < -0.3 is 10.6 Å². The number of hydrogen-bond donors (Lipinski definition) is 1. The van der Waals surface area contributed by atoms with Gasteiger partial charge in [0.2, 0.25) is 0 Å². The zero-order valence-corrected chi connectivity index (χ0v) is 13.1. The number of hydrogen-bond acceptors (Lipinski definition) is 3. The Morgan fingerprint density at radius 3 is 2.81 bits per heavy atom. The van der Waals surface area contributed by atoms with Gasteiger partial charge in [0.05, 0.1) is 17.8 Å². The van der Waals surface area contributed by atoms with E-state index in [4.69, 9.17) is 5.73 Å². The molecule has 0 aliphatic heterocycles. The maximum absolute atomic E-state index is 12.8. The highest BCUT2D eigenvalue weighted by atomic mass is 79.9. The quantitative estimate of drug-likeness (QED) is 0.865. The van der Waals surface area contributed by atoms with Crippen LogP contribution in [0.5, 0.6) is 0 Å². The Bertz CT molecular complexity index is 656. The summed E-state index contributed by atoms with van der Waals surface area (Å²) in [4.78, 5) is 19.0. The van der Waals surface area contributed by atoms with Gasteiger partial charge in [-0.25, -0.2) is 0 Å². The molecule has 2 aromatic rings. The summed E-state index contributed by atoms with van der Waals surface area (Å²) in [6.07, 6.45) is 3.86. The van der Waals surface area contributed by atoms with E-state index in [1.165, 1.54) is 0 Å². The van der Waals surface area contributed by atoms with Gasteiger partial charge in [-0.3, -0.25) is 9.78 Å². The van der Waals surface area contributed by atoms with Gasteiger partial charge in [-0.1, -0.05) is 6.07 Å². The molecule has 1 aliphatic carbocycles. The smallest absolute Gasteiger partial charge is 0.255 e. The van der Waals surface area contributed by atoms with Gasteiger partial charge in [0.15, 0.2) is 0 Å². The van der Waals surface area contributed by atoms with Crippen molar-refractivity contribution >= 4 is 27.5 Å². The maximum Gasteiger partial charge on any atom is 0.255 e. The van der Waals surface area contributed by atoms with Crippen LogP contribution in [-0.2, 0) is 6.54 Å². The van der Waals surface area contributed by atoms with Crippen LogP contribution in [0.15, 0.2) is 47.1 Å². The van der Waals surface area contributed by atoms with Crippen molar-refractivity contribution in [2.45, 2.75) is 25.4 Å². The molecular weight excluding hydrogens is 330 g/mol. The minimum atomic E-state index is 0.00216. The number of halogens is 1. The number of carbonyl (C=O) groups is 1. The third kappa shape index (κ3) is 3.24. The van der Waals surface area contributed by atoms with Gasteiger partial charge in [-0.2, -0.15) is 0 Å². The zero-order chi connectivity index (χ0) is 14.8. The highest BCUT2D eigenvalue weighted by molar-refractivity contribution is 9.10. The number of pyridine rings is 1. The molecule has 108 valence electrons. The number of nitrogen functional groups attached to an aromatic ring is 1. The molecule has 21 heavy (non-hydrogen) atoms. The molecule has 2 N–H and O–H groups in total. The van der Waals surface area contributed by atoms with E-state index in [1.54, 1.807) is 18.3 Å². The Balaban J connectivity index is 1.87. The molecule has 1 saturated carbocycles. The Labute approximate surface area is 132 Å². The van der Waals surface area contributed by atoms with E-state index < -0.39 is 0 Å². The fourth-order valence-electron chi connectivity index (χ4n) is 2.28. The fourth-order valence-corrected chi connectivity index (χ4v) is 2.70. The number of carbonyl (C=O) groups excluding carboxylic acids is 1. The summed E-state index contributed by atoms with van der Waals surface area (Å²) in [6, 6.07) is 11.4. The number of nitrogens with two attached hydrogens (primary N) is 1. The monoisotopic (exact) mass is 345 g/mol. The first-order chi connectivity index (χ1) is 10.1. The van der Waals surface area contributed by atoms with Crippen molar-refractivity contribution in [3.05, 3.63) is 58.3 Å². The van der Waals surface area contributed by atoms with Crippen LogP contribution >= 0.6 is 15.9 Å². The van der Waals surface area contributed by atoms with E-state index in [9.17, 15) is 4.79 Å². The van der Waals surface area contributed by atoms with Gasteiger partial charge in [-0.05, 0) is 59.1 Å². The molecule has 4 nitrogen and oxygen atoms in total. The van der Waals surface area contributed by atoms with Crippen LogP contribution in [0.2, 0.25) is 0 Å². The lowest BCUT2D eigenvalue weighted by Crippen LogP contribution is -2.33. The van der Waals surface area contributed by atoms with Crippen LogP contribution in [0.25, 0.3) is 0 Å². The summed E-state index contributed by atoms with van der Waals surface area (Å²) in [5.41, 5.74) is 7.91. The van der Waals surface area contributed by atoms with Crippen LogP contribution in [0.4, 0.5) is 5.69 Å². The predicted molar refractivity (Wildman–Crippen MR) is 85.7 cm³/mol. The van der Waals surface area contributed by atoms with Crippen molar-refractivity contribution in [3.8, 4) is 0 Å². The Kier molecular flexibility index (Phi) is 3.92. The molecule has 0 bridgehead atoms. The lowest BCUT2D eigenvalue weighted by atomic mass is 10.1. The molecule has 1 aromatic carbocycles. The van der Waals surface area contributed by atoms with Gasteiger partial charge >= 0.3 is 0 Å². The van der Waals surface area contributed by atoms with E-state index >= 15 is 0 Å². The topological polar surface area (TPSA) is 59.2 Å². The third-order valence-electron chi connectivity index (χ3n) is 3.53. The highest BCUT2D eigenvalue weighted by Crippen LogP contribution is 2.31. The molecule has 1 aromatic heterocycles. The minimum absolute atomic E-state index is 0.00216. The summed E-state index contributed by atoms with van der Waals surface area (Å²) in [7, 11) is 0. The normalized spacial score (nSPS) is 14.0. The summed E-state index contributed by atoms with van der Waals surface area (Å²) < 4.78 is 0.772. The second-order valence-corrected chi connectivity index (χ2v) is 6.08. The first-order valence-corrected chi connectivity index (χ1v) is 7.70. The Hall–Kier alpha value is -1.88. The largest absolute Gasteiger partial charge is 0.399 e. The van der Waals surface area contributed by atoms with Crippen LogP contribution in [-0.4, -0.2) is 21.8 Å². The Morgan fingerprint density at radius 1 is 1.33 bits per heavy atom. The SMILES string of the molecule is Nc1ccc(Br)c(C(=O)N(Cc2ccccn2)C2CC2)c1. The molecule has 0 spiro atoms. The van der Waals surface area contributed by atoms with Crippen molar-refractivity contribution < 1.29 is 4.79 Å². The third-order valence-corrected chi connectivity index (χ3v) is 4.22. The second-order valence-electron chi connectivity index (χ2n) is 5.22. The minimum Gasteiger partial charge on any atom is -0.399 e. The molecular formula is C16H16BrN3O. The number of aromatic nitrogens is 1. The number of nitrogens with zero attached hydrogens (tertiary/aromatic N) is 2. The molecule has 5 heteroatoms. The lowest BCUT2D eigenvalue weighted by molar-refractivity contribution is 0.0727. The molecule has 0 unspecified atom stereocenters. The number of rotatable bonds is 4. The van der Waals surface area contributed by atoms with Crippen LogP contribution < -0.4 is 5.73 Å². The fraction of sp³-hybridized carbons (Fsp3) is 0.250. The summed E-state index contributed by atoms with van der Waals surface area (Å²) in [6.45, 7) is 0.533. The molecule has 1 heterocycles. The Morgan fingerprint density at radius 2 is 2.14 bits per heavy atom. The number of anilines is 1. The number of benzene rings is 1. The van der Waals surface area contributed by atoms with E-state index in [-0.39, 0.29) is 5.91 Å². The van der Waals surface area contributed by atoms with Crippen molar-refractivity contribution in [2.24, 2.45) is 0 Å². The highest BCUT2D eigenvalue weighted by Gasteiger charge is 2.34. The predicted octanol–water partition coefficient (Wildman–Crippen LogP) is 3.23. The van der Waals surface area contributed by atoms with E-state index in [0.717, 1.165) is 23.0 Å². The van der Waals surface area contributed by atoms with Crippen LogP contribution in [0, 0.1) is 0 Å². The average molecular weight is 346 g/mol. The van der Waals surface area contributed by atoms with Gasteiger partial charge in [-0.15, -0.1) is 0 Å². The average Bonchev–Trinajstić information content (AvgIpc) is 3.32. The van der Waals surface area contributed by atoms with Gasteiger partial charge in [0.1, 0.15) is 0 Å². The van der Waals surface area contributed by atoms with Crippen molar-refractivity contribution in [1.29, 1.82) is 0 Å². The summed E-state index contributed by atoms with van der Waals surface area (Å²) >= 11 is 3.44. The second kappa shape index (κ2) is 5.85. The van der Waals surface area contributed by atoms with Crippen LogP contribution in [0.3, 0.4) is 0 Å². The zero-order valence-electron chi connectivity index (χ0n) is 11.5. The maximum atomic E-state index is 12.8. The van der Waals surface area contributed by atoms with Gasteiger partial charge in [0, 0.05) is 22.4 Å². The van der Waals surface area contributed by atoms with Crippen molar-refractivity contribution in [1.82, 2.24) is 9.88 Å². The first-order valence-electron chi connectivity index (χ1n) is 6.91. The molecule has 0 atom stereocenters. The van der Waals surface area contributed by atoms with Crippen LogP contribution in [0.1, 0.15) is 28.9 Å². The molecule has 3 rings (SSSR count). The molecule has 0 radical (unpaired) electrons. The van der Waals surface area contributed by atoms with Gasteiger partial charge in [0.25, 0.3) is 5.91 Å². The standard InChI is InChI=1S/C16H16BrN3O/c17-15-7-4-11(18)9-14(15)16(21)20(13-5-6-13)10-12-3-1-2-8-19-12/h1-4,7-9,13H,5-6,10,18H2. The van der Waals surface area contributed by atoms with Crippen molar-refractivity contribution in [2.75, 3.05) is 5.73 Å². The van der Waals surface area contributed by atoms with E-state index in [2.05, 4.69) is 20.9 Å². The van der Waals surface area contributed by atoms with E-state index in [0.29, 0.717) is 23.8 Å². The molecule has 0 saturated heterocycles. The summed E-state index contributed by atoms with van der Waals surface area (Å²) in [5, 5.41) is 0. The molecule has 1 aliphatic rings. The molecule has 1 fully saturated rings. The number of amides is 1. The summed E-state index contributed by atoms with van der Waals surface area (Å²) in [5.74, 6) is 0.00216. The van der Waals surface area contributed by atoms with E-state index in [1.807, 2.05) is 29.2 Å². The first kappa shape index (κ1) is 14.1.